The third-order valence-corrected chi connectivity index (χ3v) is 7.42. The van der Waals surface area contributed by atoms with Gasteiger partial charge in [0.25, 0.3) is 0 Å². The maximum absolute atomic E-state index is 13.7. The van der Waals surface area contributed by atoms with E-state index in [4.69, 9.17) is 9.47 Å². The number of para-hydroxylation sites is 1. The van der Waals surface area contributed by atoms with Crippen LogP contribution in [0.5, 0.6) is 5.75 Å². The Bertz CT molecular complexity index is 1480. The molecule has 1 atom stereocenters. The van der Waals surface area contributed by atoms with Crippen molar-refractivity contribution >= 4 is 17.7 Å². The van der Waals surface area contributed by atoms with Crippen LogP contribution in [-0.4, -0.2) is 36.9 Å². The van der Waals surface area contributed by atoms with E-state index in [1.807, 2.05) is 61.5 Å². The first-order chi connectivity index (χ1) is 18.9. The molecule has 0 saturated carbocycles. The number of ether oxygens (including phenoxy) is 2. The highest BCUT2D eigenvalue weighted by Crippen LogP contribution is 2.45. The molecule has 1 aliphatic rings. The monoisotopic (exact) mass is 521 g/mol. The van der Waals surface area contributed by atoms with Crippen molar-refractivity contribution in [3.8, 4) is 28.0 Å². The number of hydrogen-bond acceptors (Lipinski definition) is 4. The van der Waals surface area contributed by atoms with E-state index < -0.39 is 18.1 Å². The number of nitrogens with zero attached hydrogens (tertiary/aromatic N) is 1. The summed E-state index contributed by atoms with van der Waals surface area (Å²) in [7, 11) is 1.62. The van der Waals surface area contributed by atoms with E-state index in [1.165, 1.54) is 11.8 Å². The lowest BCUT2D eigenvalue weighted by Gasteiger charge is -2.29. The van der Waals surface area contributed by atoms with Crippen molar-refractivity contribution in [3.63, 3.8) is 0 Å². The highest BCUT2D eigenvalue weighted by Gasteiger charge is 2.33. The Hall–Kier alpha value is -4.58. The second-order valence-corrected chi connectivity index (χ2v) is 9.58. The minimum absolute atomic E-state index is 0.0978. The summed E-state index contributed by atoms with van der Waals surface area (Å²) < 4.78 is 11.3. The predicted molar refractivity (Wildman–Crippen MR) is 152 cm³/mol. The third kappa shape index (κ3) is 4.86. The topological polar surface area (TPSA) is 76.1 Å². The van der Waals surface area contributed by atoms with Gasteiger partial charge in [-0.25, -0.2) is 9.59 Å². The summed E-state index contributed by atoms with van der Waals surface area (Å²) in [5, 5.41) is 9.97. The molecule has 1 aliphatic carbocycles. The summed E-state index contributed by atoms with van der Waals surface area (Å²) in [6, 6.07) is 28.2. The number of benzene rings is 4. The first kappa shape index (κ1) is 26.0. The van der Waals surface area contributed by atoms with Crippen LogP contribution in [-0.2, 0) is 16.0 Å². The Morgan fingerprint density at radius 1 is 0.846 bits per heavy atom. The van der Waals surface area contributed by atoms with Crippen molar-refractivity contribution < 1.29 is 24.2 Å². The number of carbonyl (C=O) groups is 2. The Morgan fingerprint density at radius 2 is 1.44 bits per heavy atom. The molecule has 4 aromatic carbocycles. The average molecular weight is 522 g/mol. The van der Waals surface area contributed by atoms with E-state index in [-0.39, 0.29) is 12.5 Å². The fraction of sp³-hybridized carbons (Fsp3) is 0.212. The highest BCUT2D eigenvalue weighted by atomic mass is 16.6. The molecular formula is C33H31NO5. The van der Waals surface area contributed by atoms with Crippen LogP contribution in [0.15, 0.2) is 91.0 Å². The van der Waals surface area contributed by atoms with Crippen molar-refractivity contribution in [1.29, 1.82) is 0 Å². The number of carboxylic acids is 1. The highest BCUT2D eigenvalue weighted by molar-refractivity contribution is 5.99. The van der Waals surface area contributed by atoms with Crippen LogP contribution < -0.4 is 9.64 Å². The van der Waals surface area contributed by atoms with Crippen molar-refractivity contribution in [1.82, 2.24) is 0 Å². The molecule has 198 valence electrons. The van der Waals surface area contributed by atoms with E-state index in [1.54, 1.807) is 19.2 Å². The number of carbonyl (C=O) groups excluding carboxylic acids is 1. The van der Waals surface area contributed by atoms with E-state index in [9.17, 15) is 14.7 Å². The van der Waals surface area contributed by atoms with E-state index in [2.05, 4.69) is 24.3 Å². The molecule has 6 heteroatoms. The molecule has 1 amide bonds. The zero-order chi connectivity index (χ0) is 27.5. The molecule has 5 rings (SSSR count). The summed E-state index contributed by atoms with van der Waals surface area (Å²) in [5.74, 6) is -0.518. The lowest BCUT2D eigenvalue weighted by molar-refractivity contribution is -0.138. The van der Waals surface area contributed by atoms with Gasteiger partial charge in [-0.3, -0.25) is 4.90 Å². The summed E-state index contributed by atoms with van der Waals surface area (Å²) in [6.45, 7) is 3.64. The molecule has 0 saturated heterocycles. The quantitative estimate of drug-likeness (QED) is 0.266. The van der Waals surface area contributed by atoms with Gasteiger partial charge >= 0.3 is 12.1 Å². The molecule has 6 nitrogen and oxygen atoms in total. The van der Waals surface area contributed by atoms with Gasteiger partial charge in [0.05, 0.1) is 12.8 Å². The molecule has 4 aromatic rings. The van der Waals surface area contributed by atoms with E-state index >= 15 is 0 Å². The summed E-state index contributed by atoms with van der Waals surface area (Å²) >= 11 is 0. The minimum atomic E-state index is -1.15. The molecule has 0 radical (unpaired) electrons. The fourth-order valence-corrected chi connectivity index (χ4v) is 5.40. The van der Waals surface area contributed by atoms with Crippen LogP contribution >= 0.6 is 0 Å². The number of aliphatic carboxylic acids is 1. The van der Waals surface area contributed by atoms with Crippen LogP contribution in [0, 0.1) is 0 Å². The Balaban J connectivity index is 1.50. The zero-order valence-corrected chi connectivity index (χ0v) is 22.3. The maximum Gasteiger partial charge on any atom is 0.415 e. The molecule has 0 unspecified atom stereocenters. The number of rotatable bonds is 8. The summed E-state index contributed by atoms with van der Waals surface area (Å²) in [6.07, 6.45) is 0.0334. The van der Waals surface area contributed by atoms with Gasteiger partial charge in [-0.2, -0.15) is 0 Å². The Kier molecular flexibility index (Phi) is 7.37. The average Bonchev–Trinajstić information content (AvgIpc) is 3.29. The van der Waals surface area contributed by atoms with Gasteiger partial charge in [-0.05, 0) is 64.9 Å². The number of amides is 1. The van der Waals surface area contributed by atoms with Crippen LogP contribution in [0.1, 0.15) is 36.5 Å². The normalized spacial score (nSPS) is 12.8. The van der Waals surface area contributed by atoms with Crippen molar-refractivity contribution in [2.75, 3.05) is 18.6 Å². The molecule has 0 heterocycles. The van der Waals surface area contributed by atoms with Gasteiger partial charge in [0, 0.05) is 11.5 Å². The number of methoxy groups -OCH3 is 1. The molecule has 0 spiro atoms. The largest absolute Gasteiger partial charge is 0.497 e. The molecule has 0 aliphatic heterocycles. The standard InChI is InChI=1S/C33H31NO5/c1-4-22-19-23(38-3)17-18-24(22)29-15-9-10-16-31(29)34(21(2)32(35)36)33(37)39-20-30-27-13-7-5-11-25(27)26-12-6-8-14-28(26)30/h5-19,21,30H,4,20H2,1-3H3,(H,35,36)/t21-/m0/s1. The molecule has 39 heavy (non-hydrogen) atoms. The molecule has 0 bridgehead atoms. The predicted octanol–water partition coefficient (Wildman–Crippen LogP) is 7.15. The first-order valence-corrected chi connectivity index (χ1v) is 13.1. The Labute approximate surface area is 228 Å². The van der Waals surface area contributed by atoms with Crippen molar-refractivity contribution in [2.45, 2.75) is 32.2 Å². The first-order valence-electron chi connectivity index (χ1n) is 13.1. The lowest BCUT2D eigenvalue weighted by atomic mass is 9.95. The molecule has 1 N–H and O–H groups in total. The van der Waals surface area contributed by atoms with Crippen LogP contribution in [0.3, 0.4) is 0 Å². The molecule has 0 aromatic heterocycles. The second kappa shape index (κ2) is 11.0. The second-order valence-electron chi connectivity index (χ2n) is 9.58. The maximum atomic E-state index is 13.7. The third-order valence-electron chi connectivity index (χ3n) is 7.42. The number of carboxylic acid groups (broad SMARTS) is 1. The van der Waals surface area contributed by atoms with Gasteiger partial charge < -0.3 is 14.6 Å². The van der Waals surface area contributed by atoms with Gasteiger partial charge in [0.15, 0.2) is 0 Å². The summed E-state index contributed by atoms with van der Waals surface area (Å²) in [4.78, 5) is 27.2. The Morgan fingerprint density at radius 3 is 2.03 bits per heavy atom. The zero-order valence-electron chi connectivity index (χ0n) is 22.3. The van der Waals surface area contributed by atoms with Crippen LogP contribution in [0.2, 0.25) is 0 Å². The fourth-order valence-electron chi connectivity index (χ4n) is 5.40. The van der Waals surface area contributed by atoms with Crippen LogP contribution in [0.25, 0.3) is 22.3 Å². The number of aryl methyl sites for hydroxylation is 1. The van der Waals surface area contributed by atoms with Gasteiger partial charge in [0.2, 0.25) is 0 Å². The van der Waals surface area contributed by atoms with E-state index in [0.717, 1.165) is 51.1 Å². The molecular weight excluding hydrogens is 490 g/mol. The summed E-state index contributed by atoms with van der Waals surface area (Å²) in [5.41, 5.74) is 7.60. The van der Waals surface area contributed by atoms with Gasteiger partial charge in [-0.1, -0.05) is 79.7 Å². The number of fused-ring (bicyclic) bond motifs is 3. The van der Waals surface area contributed by atoms with Crippen LogP contribution in [0.4, 0.5) is 10.5 Å². The molecule has 0 fully saturated rings. The van der Waals surface area contributed by atoms with Crippen molar-refractivity contribution in [3.05, 3.63) is 108 Å². The lowest BCUT2D eigenvalue weighted by Crippen LogP contribution is -2.44. The number of anilines is 1. The SMILES string of the molecule is CCc1cc(OC)ccc1-c1ccccc1N(C(=O)OCC1c2ccccc2-c2ccccc21)[C@@H](C)C(=O)O. The number of hydrogen-bond donors (Lipinski definition) is 1. The smallest absolute Gasteiger partial charge is 0.415 e. The minimum Gasteiger partial charge on any atom is -0.497 e. The van der Waals surface area contributed by atoms with E-state index in [0.29, 0.717) is 5.69 Å². The van der Waals surface area contributed by atoms with Gasteiger partial charge in [0.1, 0.15) is 18.4 Å². The van der Waals surface area contributed by atoms with Crippen molar-refractivity contribution in [2.24, 2.45) is 0 Å². The van der Waals surface area contributed by atoms with Gasteiger partial charge in [-0.15, -0.1) is 0 Å².